The number of ketones is 1. The SMILES string of the molecule is CC(F)(F)C(/C=C/c1ccc(C(=O)CCCS(=O)CCF)c(C(F)(F)F)c1)c1cc(Cl)c(Cl)c(Cl)c1. The molecule has 0 aliphatic heterocycles. The van der Waals surface area contributed by atoms with Gasteiger partial charge in [0.25, 0.3) is 5.92 Å². The first-order chi connectivity index (χ1) is 16.6. The minimum absolute atomic E-state index is 0.00569. The Bertz CT molecular complexity index is 1120. The standard InChI is InChI=1S/C24H21Cl3F6O2S/c1-23(29,30)17(15-12-19(25)22(27)20(26)13-15)7-5-14-4-6-16(18(11-14)24(31,32)33)21(34)3-2-9-36(35)10-8-28/h4-7,11-13,17H,2-3,8-10H2,1H3/b7-5+. The van der Waals surface area contributed by atoms with Crippen LogP contribution < -0.4 is 0 Å². The van der Waals surface area contributed by atoms with Gasteiger partial charge in [-0.25, -0.2) is 8.78 Å². The Kier molecular flexibility index (Phi) is 10.9. The van der Waals surface area contributed by atoms with Crippen molar-refractivity contribution in [3.63, 3.8) is 0 Å². The highest BCUT2D eigenvalue weighted by atomic mass is 35.5. The van der Waals surface area contributed by atoms with Gasteiger partial charge in [0.15, 0.2) is 5.78 Å². The van der Waals surface area contributed by atoms with Crippen molar-refractivity contribution in [2.45, 2.75) is 37.8 Å². The Balaban J connectivity index is 2.36. The van der Waals surface area contributed by atoms with Gasteiger partial charge in [0.1, 0.15) is 6.67 Å². The number of halogens is 9. The Labute approximate surface area is 222 Å². The van der Waals surface area contributed by atoms with Crippen LogP contribution in [0.1, 0.15) is 52.7 Å². The van der Waals surface area contributed by atoms with Crippen LogP contribution in [0.2, 0.25) is 15.1 Å². The molecule has 0 radical (unpaired) electrons. The van der Waals surface area contributed by atoms with E-state index >= 15 is 0 Å². The lowest BCUT2D eigenvalue weighted by Gasteiger charge is -2.22. The number of benzene rings is 2. The van der Waals surface area contributed by atoms with Gasteiger partial charge in [0.05, 0.1) is 32.3 Å². The Hall–Kier alpha value is -1.55. The lowest BCUT2D eigenvalue weighted by Crippen LogP contribution is -2.20. The summed E-state index contributed by atoms with van der Waals surface area (Å²) in [4.78, 5) is 12.4. The van der Waals surface area contributed by atoms with Crippen LogP contribution in [0.25, 0.3) is 6.08 Å². The number of carbonyl (C=O) groups excluding carboxylic acids is 1. The molecule has 0 saturated heterocycles. The summed E-state index contributed by atoms with van der Waals surface area (Å²) >= 11 is 17.8. The van der Waals surface area contributed by atoms with E-state index in [-0.39, 0.29) is 50.5 Å². The van der Waals surface area contributed by atoms with Crippen molar-refractivity contribution in [1.29, 1.82) is 0 Å². The summed E-state index contributed by atoms with van der Waals surface area (Å²) in [6.07, 6.45) is -3.06. The van der Waals surface area contributed by atoms with Crippen molar-refractivity contribution in [1.82, 2.24) is 0 Å². The maximum atomic E-state index is 14.4. The summed E-state index contributed by atoms with van der Waals surface area (Å²) in [5.41, 5.74) is -1.88. The summed E-state index contributed by atoms with van der Waals surface area (Å²) in [6.45, 7) is -0.154. The Morgan fingerprint density at radius 3 is 2.17 bits per heavy atom. The number of hydrogen-bond donors (Lipinski definition) is 0. The van der Waals surface area contributed by atoms with E-state index in [4.69, 9.17) is 34.8 Å². The average Bonchev–Trinajstić information content (AvgIpc) is 2.76. The van der Waals surface area contributed by atoms with E-state index < -0.39 is 52.4 Å². The molecule has 198 valence electrons. The van der Waals surface area contributed by atoms with E-state index in [0.717, 1.165) is 18.2 Å². The van der Waals surface area contributed by atoms with E-state index in [1.807, 2.05) is 0 Å². The number of rotatable bonds is 11. The molecule has 36 heavy (non-hydrogen) atoms. The topological polar surface area (TPSA) is 34.1 Å². The zero-order chi connectivity index (χ0) is 27.3. The molecule has 2 aromatic rings. The van der Waals surface area contributed by atoms with E-state index in [1.165, 1.54) is 18.2 Å². The molecule has 2 aromatic carbocycles. The number of carbonyl (C=O) groups is 1. The van der Waals surface area contributed by atoms with Gasteiger partial charge >= 0.3 is 6.18 Å². The summed E-state index contributed by atoms with van der Waals surface area (Å²) in [5, 5.41) is -0.136. The van der Waals surface area contributed by atoms with Crippen LogP contribution in [0.4, 0.5) is 26.3 Å². The van der Waals surface area contributed by atoms with E-state index in [9.17, 15) is 35.3 Å². The van der Waals surface area contributed by atoms with E-state index in [0.29, 0.717) is 13.0 Å². The molecule has 2 atom stereocenters. The lowest BCUT2D eigenvalue weighted by molar-refractivity contribution is -0.137. The molecule has 0 aliphatic carbocycles. The van der Waals surface area contributed by atoms with Gasteiger partial charge < -0.3 is 0 Å². The molecular weight excluding hydrogens is 573 g/mol. The zero-order valence-corrected chi connectivity index (χ0v) is 21.9. The molecule has 0 heterocycles. The van der Waals surface area contributed by atoms with Crippen molar-refractivity contribution in [2.75, 3.05) is 18.2 Å². The molecule has 0 bridgehead atoms. The zero-order valence-electron chi connectivity index (χ0n) is 18.8. The minimum Gasteiger partial charge on any atom is -0.294 e. The second-order valence-corrected chi connectivity index (χ2v) is 10.8. The first-order valence-electron chi connectivity index (χ1n) is 10.5. The van der Waals surface area contributed by atoms with Crippen LogP contribution in [0.5, 0.6) is 0 Å². The predicted molar refractivity (Wildman–Crippen MR) is 133 cm³/mol. The molecule has 2 nitrogen and oxygen atoms in total. The molecule has 0 N–H and O–H groups in total. The summed E-state index contributed by atoms with van der Waals surface area (Å²) in [5.74, 6) is -5.95. The highest BCUT2D eigenvalue weighted by Crippen LogP contribution is 2.40. The van der Waals surface area contributed by atoms with Crippen LogP contribution in [-0.4, -0.2) is 34.1 Å². The van der Waals surface area contributed by atoms with Crippen LogP contribution in [0, 0.1) is 0 Å². The van der Waals surface area contributed by atoms with Gasteiger partial charge in [-0.15, -0.1) is 0 Å². The molecule has 2 unspecified atom stereocenters. The molecule has 0 aliphatic rings. The lowest BCUT2D eigenvalue weighted by atomic mass is 9.91. The van der Waals surface area contributed by atoms with Crippen molar-refractivity contribution >= 4 is 57.5 Å². The fourth-order valence-corrected chi connectivity index (χ4v) is 4.85. The predicted octanol–water partition coefficient (Wildman–Crippen LogP) is 8.80. The average molecular weight is 594 g/mol. The number of Topliss-reactive ketones (excluding diaryl/α,β-unsaturated/α-hetero) is 1. The quantitative estimate of drug-likeness (QED) is 0.148. The normalized spacial score (nSPS) is 14.3. The third-order valence-corrected chi connectivity index (χ3v) is 7.67. The number of allylic oxidation sites excluding steroid dienone is 1. The summed E-state index contributed by atoms with van der Waals surface area (Å²) in [7, 11) is -1.50. The van der Waals surface area contributed by atoms with Gasteiger partial charge in [-0.3, -0.25) is 13.4 Å². The summed E-state index contributed by atoms with van der Waals surface area (Å²) in [6, 6.07) is 5.26. The third-order valence-electron chi connectivity index (χ3n) is 5.12. The Morgan fingerprint density at radius 2 is 1.64 bits per heavy atom. The van der Waals surface area contributed by atoms with Gasteiger partial charge in [-0.05, 0) is 35.7 Å². The van der Waals surface area contributed by atoms with Crippen molar-refractivity contribution in [3.05, 3.63) is 73.7 Å². The van der Waals surface area contributed by atoms with Gasteiger partial charge in [-0.2, -0.15) is 13.2 Å². The monoisotopic (exact) mass is 592 g/mol. The summed E-state index contributed by atoms with van der Waals surface area (Å²) < 4.78 is 93.5. The maximum Gasteiger partial charge on any atom is 0.417 e. The smallest absolute Gasteiger partial charge is 0.294 e. The highest BCUT2D eigenvalue weighted by molar-refractivity contribution is 7.84. The molecular formula is C24H21Cl3F6O2S. The van der Waals surface area contributed by atoms with Gasteiger partial charge in [-0.1, -0.05) is 59.1 Å². The minimum atomic E-state index is -4.89. The molecule has 0 amide bonds. The third kappa shape index (κ3) is 8.50. The van der Waals surface area contributed by atoms with Crippen molar-refractivity contribution in [3.8, 4) is 0 Å². The molecule has 0 aromatic heterocycles. The fourth-order valence-electron chi connectivity index (χ4n) is 3.39. The van der Waals surface area contributed by atoms with E-state index in [1.54, 1.807) is 0 Å². The van der Waals surface area contributed by atoms with Gasteiger partial charge in [0, 0.05) is 35.5 Å². The van der Waals surface area contributed by atoms with Crippen molar-refractivity contribution < 1.29 is 35.3 Å². The first kappa shape index (κ1) is 30.7. The van der Waals surface area contributed by atoms with Crippen LogP contribution >= 0.6 is 34.8 Å². The fraction of sp³-hybridized carbons (Fsp3) is 0.375. The molecule has 0 saturated carbocycles. The van der Waals surface area contributed by atoms with Crippen molar-refractivity contribution in [2.24, 2.45) is 0 Å². The van der Waals surface area contributed by atoms with E-state index in [2.05, 4.69) is 0 Å². The molecule has 12 heteroatoms. The maximum absolute atomic E-state index is 14.4. The highest BCUT2D eigenvalue weighted by Gasteiger charge is 2.36. The second kappa shape index (κ2) is 12.8. The second-order valence-electron chi connectivity index (χ2n) is 7.96. The van der Waals surface area contributed by atoms with Crippen LogP contribution in [0.15, 0.2) is 36.4 Å². The molecule has 0 spiro atoms. The Morgan fingerprint density at radius 1 is 1.03 bits per heavy atom. The largest absolute Gasteiger partial charge is 0.417 e. The number of hydrogen-bond acceptors (Lipinski definition) is 2. The van der Waals surface area contributed by atoms with Gasteiger partial charge in [0.2, 0.25) is 0 Å². The number of alkyl halides is 6. The molecule has 2 rings (SSSR count). The molecule has 0 fully saturated rings. The van der Waals surface area contributed by atoms with Crippen LogP contribution in [0.3, 0.4) is 0 Å². The van der Waals surface area contributed by atoms with Crippen LogP contribution in [-0.2, 0) is 17.0 Å². The first-order valence-corrected chi connectivity index (χ1v) is 13.1.